The monoisotopic (exact) mass is 295 g/mol. The van der Waals surface area contributed by atoms with Crippen molar-refractivity contribution in [3.63, 3.8) is 0 Å². The minimum Gasteiger partial charge on any atom is -0.329 e. The Morgan fingerprint density at radius 2 is 2.11 bits per heavy atom. The maximum atomic E-state index is 5.90. The number of halogens is 1. The van der Waals surface area contributed by atoms with Gasteiger partial charge in [0, 0.05) is 16.8 Å². The van der Waals surface area contributed by atoms with Gasteiger partial charge in [0.2, 0.25) is 5.16 Å². The van der Waals surface area contributed by atoms with Crippen molar-refractivity contribution >= 4 is 23.4 Å². The van der Waals surface area contributed by atoms with Crippen LogP contribution in [-0.2, 0) is 0 Å². The second kappa shape index (κ2) is 5.48. The highest BCUT2D eigenvalue weighted by atomic mass is 35.5. The van der Waals surface area contributed by atoms with Crippen LogP contribution in [0.3, 0.4) is 0 Å². The van der Waals surface area contributed by atoms with Gasteiger partial charge in [0.1, 0.15) is 0 Å². The number of tetrazole rings is 1. The molecule has 19 heavy (non-hydrogen) atoms. The van der Waals surface area contributed by atoms with Gasteiger partial charge in [-0.05, 0) is 41.0 Å². The van der Waals surface area contributed by atoms with Gasteiger partial charge in [0.15, 0.2) is 0 Å². The zero-order valence-corrected chi connectivity index (χ0v) is 11.8. The average Bonchev–Trinajstić information content (AvgIpc) is 3.17. The van der Waals surface area contributed by atoms with Gasteiger partial charge in [-0.3, -0.25) is 0 Å². The average molecular weight is 296 g/mol. The largest absolute Gasteiger partial charge is 0.329 e. The summed E-state index contributed by atoms with van der Waals surface area (Å²) >= 11 is 7.51. The van der Waals surface area contributed by atoms with E-state index in [1.54, 1.807) is 11.8 Å². The van der Waals surface area contributed by atoms with Crippen LogP contribution in [0.5, 0.6) is 0 Å². The number of nitrogens with two attached hydrogens (primary N) is 1. The summed E-state index contributed by atoms with van der Waals surface area (Å²) < 4.78 is 1.91. The first-order valence-corrected chi connectivity index (χ1v) is 7.43. The zero-order valence-electron chi connectivity index (χ0n) is 10.2. The van der Waals surface area contributed by atoms with Crippen molar-refractivity contribution in [1.29, 1.82) is 0 Å². The van der Waals surface area contributed by atoms with Crippen molar-refractivity contribution in [2.24, 2.45) is 5.73 Å². The molecule has 1 atom stereocenters. The van der Waals surface area contributed by atoms with Crippen LogP contribution in [0.25, 0.3) is 0 Å². The van der Waals surface area contributed by atoms with Crippen molar-refractivity contribution in [3.8, 4) is 0 Å². The number of benzene rings is 1. The van der Waals surface area contributed by atoms with Crippen molar-refractivity contribution in [3.05, 3.63) is 34.9 Å². The molecule has 0 radical (unpaired) electrons. The summed E-state index contributed by atoms with van der Waals surface area (Å²) in [6.45, 7) is 0.532. The second-order valence-electron chi connectivity index (χ2n) is 4.53. The van der Waals surface area contributed by atoms with Crippen molar-refractivity contribution < 1.29 is 0 Å². The SMILES string of the molecule is NCC(Sc1nnnn1C1CC1)c1ccc(Cl)cc1. The summed E-state index contributed by atoms with van der Waals surface area (Å²) in [5.74, 6) is 0. The summed E-state index contributed by atoms with van der Waals surface area (Å²) in [5.41, 5.74) is 7.01. The first-order valence-electron chi connectivity index (χ1n) is 6.18. The molecule has 1 heterocycles. The molecule has 0 spiro atoms. The van der Waals surface area contributed by atoms with E-state index in [1.807, 2.05) is 28.9 Å². The van der Waals surface area contributed by atoms with Gasteiger partial charge in [-0.15, -0.1) is 5.10 Å². The molecule has 1 aromatic heterocycles. The molecule has 1 aliphatic carbocycles. The Hall–Kier alpha value is -1.11. The molecule has 2 N–H and O–H groups in total. The molecule has 1 aliphatic rings. The van der Waals surface area contributed by atoms with Gasteiger partial charge in [0.05, 0.1) is 6.04 Å². The van der Waals surface area contributed by atoms with Gasteiger partial charge < -0.3 is 5.73 Å². The molecule has 0 bridgehead atoms. The van der Waals surface area contributed by atoms with Crippen molar-refractivity contribution in [1.82, 2.24) is 20.2 Å². The Labute approximate surface area is 120 Å². The smallest absolute Gasteiger partial charge is 0.210 e. The van der Waals surface area contributed by atoms with E-state index < -0.39 is 0 Å². The summed E-state index contributed by atoms with van der Waals surface area (Å²) in [5, 5.41) is 13.6. The number of rotatable bonds is 5. The Bertz CT molecular complexity index is 552. The number of nitrogens with zero attached hydrogens (tertiary/aromatic N) is 4. The third-order valence-electron chi connectivity index (χ3n) is 3.06. The van der Waals surface area contributed by atoms with E-state index >= 15 is 0 Å². The normalized spacial score (nSPS) is 16.5. The molecular weight excluding hydrogens is 282 g/mol. The molecule has 7 heteroatoms. The Morgan fingerprint density at radius 3 is 2.74 bits per heavy atom. The maximum absolute atomic E-state index is 5.90. The van der Waals surface area contributed by atoms with E-state index in [-0.39, 0.29) is 5.25 Å². The summed E-state index contributed by atoms with van der Waals surface area (Å²) in [4.78, 5) is 0. The van der Waals surface area contributed by atoms with E-state index in [4.69, 9.17) is 17.3 Å². The standard InChI is InChI=1S/C12H14ClN5S/c13-9-3-1-8(2-4-9)11(7-14)19-12-15-16-17-18(12)10-5-6-10/h1-4,10-11H,5-7,14H2. The molecule has 3 rings (SSSR count). The molecule has 1 saturated carbocycles. The maximum Gasteiger partial charge on any atom is 0.210 e. The van der Waals surface area contributed by atoms with Crippen LogP contribution >= 0.6 is 23.4 Å². The van der Waals surface area contributed by atoms with Gasteiger partial charge >= 0.3 is 0 Å². The van der Waals surface area contributed by atoms with Crippen LogP contribution < -0.4 is 5.73 Å². The quantitative estimate of drug-likeness (QED) is 0.858. The fourth-order valence-corrected chi connectivity index (χ4v) is 3.02. The van der Waals surface area contributed by atoms with Crippen LogP contribution in [0.4, 0.5) is 0 Å². The second-order valence-corrected chi connectivity index (χ2v) is 6.14. The van der Waals surface area contributed by atoms with Crippen LogP contribution in [0.1, 0.15) is 29.7 Å². The third kappa shape index (κ3) is 2.91. The van der Waals surface area contributed by atoms with Gasteiger partial charge in [-0.25, -0.2) is 4.68 Å². The molecule has 5 nitrogen and oxygen atoms in total. The zero-order chi connectivity index (χ0) is 13.2. The fraction of sp³-hybridized carbons (Fsp3) is 0.417. The number of aromatic nitrogens is 4. The number of hydrogen-bond acceptors (Lipinski definition) is 5. The first kappa shape index (κ1) is 12.9. The predicted molar refractivity (Wildman–Crippen MR) is 75.2 cm³/mol. The lowest BCUT2D eigenvalue weighted by Gasteiger charge is -2.14. The van der Waals surface area contributed by atoms with E-state index in [2.05, 4.69) is 15.5 Å². The number of thioether (sulfide) groups is 1. The highest BCUT2D eigenvalue weighted by Crippen LogP contribution is 2.40. The van der Waals surface area contributed by atoms with Gasteiger partial charge in [-0.1, -0.05) is 35.5 Å². The van der Waals surface area contributed by atoms with Crippen LogP contribution in [0.15, 0.2) is 29.4 Å². The molecule has 100 valence electrons. The molecule has 1 fully saturated rings. The van der Waals surface area contributed by atoms with E-state index in [1.165, 1.54) is 0 Å². The fourth-order valence-electron chi connectivity index (χ4n) is 1.87. The van der Waals surface area contributed by atoms with Gasteiger partial charge in [0.25, 0.3) is 0 Å². The highest BCUT2D eigenvalue weighted by molar-refractivity contribution is 7.99. The first-order chi connectivity index (χ1) is 9.28. The van der Waals surface area contributed by atoms with E-state index in [0.29, 0.717) is 12.6 Å². The molecular formula is C12H14ClN5S. The van der Waals surface area contributed by atoms with E-state index in [0.717, 1.165) is 28.6 Å². The molecule has 0 amide bonds. The minimum atomic E-state index is 0.140. The minimum absolute atomic E-state index is 0.140. The van der Waals surface area contributed by atoms with Crippen LogP contribution in [0.2, 0.25) is 5.02 Å². The molecule has 1 aromatic carbocycles. The molecule has 1 unspecified atom stereocenters. The summed E-state index contributed by atoms with van der Waals surface area (Å²) in [6, 6.07) is 8.23. The topological polar surface area (TPSA) is 69.6 Å². The lowest BCUT2D eigenvalue weighted by atomic mass is 10.1. The van der Waals surface area contributed by atoms with Crippen LogP contribution in [0, 0.1) is 0 Å². The Kier molecular flexibility index (Phi) is 3.72. The highest BCUT2D eigenvalue weighted by Gasteiger charge is 2.29. The summed E-state index contributed by atoms with van der Waals surface area (Å²) in [6.07, 6.45) is 2.32. The third-order valence-corrected chi connectivity index (χ3v) is 4.54. The van der Waals surface area contributed by atoms with Crippen LogP contribution in [-0.4, -0.2) is 26.8 Å². The number of hydrogen-bond donors (Lipinski definition) is 1. The lowest BCUT2D eigenvalue weighted by Crippen LogP contribution is -2.10. The van der Waals surface area contributed by atoms with Gasteiger partial charge in [-0.2, -0.15) is 0 Å². The predicted octanol–water partition coefficient (Wildman–Crippen LogP) is 2.45. The molecule has 0 aliphatic heterocycles. The van der Waals surface area contributed by atoms with E-state index in [9.17, 15) is 0 Å². The molecule has 2 aromatic rings. The van der Waals surface area contributed by atoms with Crippen molar-refractivity contribution in [2.75, 3.05) is 6.54 Å². The Balaban J connectivity index is 1.79. The van der Waals surface area contributed by atoms with Crippen molar-refractivity contribution in [2.45, 2.75) is 29.3 Å². The summed E-state index contributed by atoms with van der Waals surface area (Å²) in [7, 11) is 0. The Morgan fingerprint density at radius 1 is 1.37 bits per heavy atom. The molecule has 0 saturated heterocycles. The lowest BCUT2D eigenvalue weighted by molar-refractivity contribution is 0.564.